The molecular weight excluding hydrogens is 190 g/mol. The highest BCUT2D eigenvalue weighted by molar-refractivity contribution is 4.68. The van der Waals surface area contributed by atoms with E-state index in [1.807, 2.05) is 0 Å². The Hall–Kier alpha value is -0.160. The number of likely N-dealkylation sites (N-methyl/N-ethyl adjacent to an activating group) is 1. The normalized spacial score (nSPS) is 20.0. The molecule has 0 saturated carbocycles. The van der Waals surface area contributed by atoms with Gasteiger partial charge in [-0.05, 0) is 45.9 Å². The lowest BCUT2D eigenvalue weighted by Gasteiger charge is -2.22. The second kappa shape index (κ2) is 7.17. The van der Waals surface area contributed by atoms with E-state index in [0.29, 0.717) is 0 Å². The smallest absolute Gasteiger partial charge is 0.0583 e. The fourth-order valence-electron chi connectivity index (χ4n) is 1.91. The SMILES string of the molecule is CN(CCC(N)CO)CCN1CCCC1. The summed E-state index contributed by atoms with van der Waals surface area (Å²) in [6, 6.07) is -0.0563. The molecule has 1 aliphatic heterocycles. The molecule has 1 fully saturated rings. The number of rotatable bonds is 7. The minimum atomic E-state index is -0.0563. The van der Waals surface area contributed by atoms with Crippen LogP contribution in [0.5, 0.6) is 0 Å². The molecule has 0 aliphatic carbocycles. The predicted molar refractivity (Wildman–Crippen MR) is 62.8 cm³/mol. The maximum atomic E-state index is 8.80. The topological polar surface area (TPSA) is 52.7 Å². The zero-order chi connectivity index (χ0) is 11.1. The summed E-state index contributed by atoms with van der Waals surface area (Å²) in [4.78, 5) is 4.82. The standard InChI is InChI=1S/C11H25N3O/c1-13(7-4-11(12)10-15)8-9-14-5-2-3-6-14/h11,15H,2-10,12H2,1H3. The molecule has 1 atom stereocenters. The van der Waals surface area contributed by atoms with Crippen LogP contribution in [-0.2, 0) is 0 Å². The molecule has 4 nitrogen and oxygen atoms in total. The van der Waals surface area contributed by atoms with E-state index in [1.165, 1.54) is 32.5 Å². The molecule has 90 valence electrons. The van der Waals surface area contributed by atoms with Crippen molar-refractivity contribution in [3.63, 3.8) is 0 Å². The van der Waals surface area contributed by atoms with E-state index < -0.39 is 0 Å². The van der Waals surface area contributed by atoms with Crippen molar-refractivity contribution in [3.8, 4) is 0 Å². The molecular formula is C11H25N3O. The summed E-state index contributed by atoms with van der Waals surface area (Å²) in [5.74, 6) is 0. The molecule has 1 unspecified atom stereocenters. The average Bonchev–Trinajstić information content (AvgIpc) is 2.75. The molecule has 0 radical (unpaired) electrons. The van der Waals surface area contributed by atoms with Gasteiger partial charge in [-0.15, -0.1) is 0 Å². The Morgan fingerprint density at radius 2 is 2.00 bits per heavy atom. The Morgan fingerprint density at radius 1 is 1.33 bits per heavy atom. The lowest BCUT2D eigenvalue weighted by molar-refractivity contribution is 0.224. The molecule has 0 spiro atoms. The quantitative estimate of drug-likeness (QED) is 0.613. The van der Waals surface area contributed by atoms with Gasteiger partial charge in [0.05, 0.1) is 6.61 Å². The lowest BCUT2D eigenvalue weighted by Crippen LogP contribution is -2.35. The van der Waals surface area contributed by atoms with Crippen molar-refractivity contribution >= 4 is 0 Å². The zero-order valence-electron chi connectivity index (χ0n) is 9.86. The minimum absolute atomic E-state index is 0.0563. The van der Waals surface area contributed by atoms with Gasteiger partial charge in [-0.3, -0.25) is 0 Å². The lowest BCUT2D eigenvalue weighted by atomic mass is 10.2. The Kier molecular flexibility index (Phi) is 6.17. The van der Waals surface area contributed by atoms with Crippen LogP contribution in [0.25, 0.3) is 0 Å². The zero-order valence-corrected chi connectivity index (χ0v) is 9.86. The summed E-state index contributed by atoms with van der Waals surface area (Å²) in [7, 11) is 2.13. The van der Waals surface area contributed by atoms with E-state index >= 15 is 0 Å². The Labute approximate surface area is 93.0 Å². The highest BCUT2D eigenvalue weighted by atomic mass is 16.3. The first kappa shape index (κ1) is 12.9. The van der Waals surface area contributed by atoms with Crippen molar-refractivity contribution in [2.75, 3.05) is 46.4 Å². The van der Waals surface area contributed by atoms with Crippen molar-refractivity contribution < 1.29 is 5.11 Å². The van der Waals surface area contributed by atoms with E-state index in [1.54, 1.807) is 0 Å². The molecule has 0 amide bonds. The molecule has 15 heavy (non-hydrogen) atoms. The molecule has 3 N–H and O–H groups in total. The van der Waals surface area contributed by atoms with Gasteiger partial charge in [0.25, 0.3) is 0 Å². The first-order valence-corrected chi connectivity index (χ1v) is 5.99. The first-order valence-electron chi connectivity index (χ1n) is 5.99. The first-order chi connectivity index (χ1) is 7.22. The van der Waals surface area contributed by atoms with Crippen molar-refractivity contribution in [1.29, 1.82) is 0 Å². The summed E-state index contributed by atoms with van der Waals surface area (Å²) in [5, 5.41) is 8.80. The Balaban J connectivity index is 1.99. The van der Waals surface area contributed by atoms with Crippen molar-refractivity contribution in [2.45, 2.75) is 25.3 Å². The Morgan fingerprint density at radius 3 is 2.60 bits per heavy atom. The molecule has 0 aromatic heterocycles. The van der Waals surface area contributed by atoms with Crippen molar-refractivity contribution in [2.24, 2.45) is 5.73 Å². The summed E-state index contributed by atoms with van der Waals surface area (Å²) < 4.78 is 0. The largest absolute Gasteiger partial charge is 0.395 e. The second-order valence-electron chi connectivity index (χ2n) is 4.58. The van der Waals surface area contributed by atoms with Gasteiger partial charge in [0.15, 0.2) is 0 Å². The molecule has 0 aromatic carbocycles. The van der Waals surface area contributed by atoms with Gasteiger partial charge in [-0.2, -0.15) is 0 Å². The van der Waals surface area contributed by atoms with Gasteiger partial charge < -0.3 is 20.6 Å². The van der Waals surface area contributed by atoms with Crippen LogP contribution in [0.2, 0.25) is 0 Å². The predicted octanol–water partition coefficient (Wildman–Crippen LogP) is -0.276. The third-order valence-corrected chi connectivity index (χ3v) is 3.11. The Bertz CT molecular complexity index is 160. The summed E-state index contributed by atoms with van der Waals surface area (Å²) in [6.07, 6.45) is 3.60. The molecule has 1 heterocycles. The number of likely N-dealkylation sites (tertiary alicyclic amines) is 1. The van der Waals surface area contributed by atoms with Crippen LogP contribution in [0.15, 0.2) is 0 Å². The fourth-order valence-corrected chi connectivity index (χ4v) is 1.91. The van der Waals surface area contributed by atoms with Crippen LogP contribution >= 0.6 is 0 Å². The van der Waals surface area contributed by atoms with Crippen LogP contribution < -0.4 is 5.73 Å². The van der Waals surface area contributed by atoms with Gasteiger partial charge >= 0.3 is 0 Å². The maximum Gasteiger partial charge on any atom is 0.0583 e. The van der Waals surface area contributed by atoms with Gasteiger partial charge in [0.2, 0.25) is 0 Å². The van der Waals surface area contributed by atoms with Crippen LogP contribution in [0.1, 0.15) is 19.3 Å². The van der Waals surface area contributed by atoms with Gasteiger partial charge in [-0.25, -0.2) is 0 Å². The third-order valence-electron chi connectivity index (χ3n) is 3.11. The molecule has 0 aromatic rings. The van der Waals surface area contributed by atoms with Gasteiger partial charge in [0, 0.05) is 19.1 Å². The summed E-state index contributed by atoms with van der Waals surface area (Å²) in [5.41, 5.74) is 5.65. The van der Waals surface area contributed by atoms with Crippen LogP contribution in [0, 0.1) is 0 Å². The monoisotopic (exact) mass is 215 g/mol. The number of hydrogen-bond acceptors (Lipinski definition) is 4. The minimum Gasteiger partial charge on any atom is -0.395 e. The third kappa shape index (κ3) is 5.47. The van der Waals surface area contributed by atoms with Gasteiger partial charge in [0.1, 0.15) is 0 Å². The van der Waals surface area contributed by atoms with Crippen molar-refractivity contribution in [3.05, 3.63) is 0 Å². The van der Waals surface area contributed by atoms with E-state index in [2.05, 4.69) is 16.8 Å². The maximum absolute atomic E-state index is 8.80. The second-order valence-corrected chi connectivity index (χ2v) is 4.58. The number of nitrogens with zero attached hydrogens (tertiary/aromatic N) is 2. The van der Waals surface area contributed by atoms with E-state index in [-0.39, 0.29) is 12.6 Å². The van der Waals surface area contributed by atoms with Crippen LogP contribution in [-0.4, -0.2) is 67.3 Å². The fraction of sp³-hybridized carbons (Fsp3) is 1.00. The summed E-state index contributed by atoms with van der Waals surface area (Å²) in [6.45, 7) is 5.90. The average molecular weight is 215 g/mol. The highest BCUT2D eigenvalue weighted by Crippen LogP contribution is 2.06. The van der Waals surface area contributed by atoms with Gasteiger partial charge in [-0.1, -0.05) is 0 Å². The van der Waals surface area contributed by atoms with E-state index in [9.17, 15) is 0 Å². The highest BCUT2D eigenvalue weighted by Gasteiger charge is 2.11. The van der Waals surface area contributed by atoms with E-state index in [0.717, 1.165) is 19.5 Å². The van der Waals surface area contributed by atoms with Crippen LogP contribution in [0.4, 0.5) is 0 Å². The number of nitrogens with two attached hydrogens (primary N) is 1. The molecule has 1 aliphatic rings. The molecule has 0 bridgehead atoms. The molecule has 1 rings (SSSR count). The summed E-state index contributed by atoms with van der Waals surface area (Å²) >= 11 is 0. The molecule has 1 saturated heterocycles. The molecule has 4 heteroatoms. The van der Waals surface area contributed by atoms with Crippen LogP contribution in [0.3, 0.4) is 0 Å². The number of aliphatic hydroxyl groups excluding tert-OH is 1. The number of aliphatic hydroxyl groups is 1. The van der Waals surface area contributed by atoms with E-state index in [4.69, 9.17) is 10.8 Å². The number of hydrogen-bond donors (Lipinski definition) is 2. The van der Waals surface area contributed by atoms with Crippen molar-refractivity contribution in [1.82, 2.24) is 9.80 Å².